The number of nitrogens with zero attached hydrogens (tertiary/aromatic N) is 1. The molecule has 2 heterocycles. The molecule has 1 aliphatic heterocycles. The third-order valence-electron chi connectivity index (χ3n) is 5.74. The summed E-state index contributed by atoms with van der Waals surface area (Å²) in [6.07, 6.45) is -0.188. The number of esters is 1. The molecular weight excluding hydrogens is 542 g/mol. The van der Waals surface area contributed by atoms with Gasteiger partial charge in [-0.2, -0.15) is 0 Å². The van der Waals surface area contributed by atoms with E-state index < -0.39 is 46.2 Å². The quantitative estimate of drug-likeness (QED) is 0.239. The molecule has 5 N–H and O–H groups in total. The van der Waals surface area contributed by atoms with E-state index in [4.69, 9.17) is 9.47 Å². The van der Waals surface area contributed by atoms with Crippen LogP contribution in [-0.4, -0.2) is 57.0 Å². The number of nitrogens with one attached hydrogen (secondary N) is 4. The Labute approximate surface area is 231 Å². The number of carbonyl (C=O) groups is 3. The van der Waals surface area contributed by atoms with Crippen molar-refractivity contribution in [3.63, 3.8) is 0 Å². The second-order valence-corrected chi connectivity index (χ2v) is 9.62. The lowest BCUT2D eigenvalue weighted by molar-refractivity contribution is -0.122. The fourth-order valence-electron chi connectivity index (χ4n) is 3.83. The smallest absolute Gasteiger partial charge is 0.338 e. The molecule has 1 aliphatic rings. The third-order valence-corrected chi connectivity index (χ3v) is 6.83. The Morgan fingerprint density at radius 2 is 1.77 bits per heavy atom. The van der Waals surface area contributed by atoms with Crippen molar-refractivity contribution in [3.05, 3.63) is 86.1 Å². The molecule has 4 rings (SSSR count). The molecule has 2 unspecified atom stereocenters. The van der Waals surface area contributed by atoms with E-state index in [0.29, 0.717) is 22.6 Å². The van der Waals surface area contributed by atoms with Crippen molar-refractivity contribution >= 4 is 40.4 Å². The zero-order valence-corrected chi connectivity index (χ0v) is 22.2. The first-order valence-corrected chi connectivity index (χ1v) is 12.9. The first-order chi connectivity index (χ1) is 19.2. The molecule has 14 heteroatoms. The molecule has 2 atom stereocenters. The molecule has 0 radical (unpaired) electrons. The van der Waals surface area contributed by atoms with E-state index in [1.807, 2.05) is 0 Å². The number of anilines is 1. The Morgan fingerprint density at radius 1 is 1.07 bits per heavy atom. The molecule has 13 nitrogen and oxygen atoms in total. The van der Waals surface area contributed by atoms with Gasteiger partial charge >= 0.3 is 11.7 Å². The van der Waals surface area contributed by atoms with Gasteiger partial charge in [-0.05, 0) is 48.9 Å². The van der Waals surface area contributed by atoms with Crippen molar-refractivity contribution in [2.45, 2.75) is 24.6 Å². The summed E-state index contributed by atoms with van der Waals surface area (Å²) < 4.78 is 10.1. The molecule has 2 aromatic carbocycles. The van der Waals surface area contributed by atoms with E-state index >= 15 is 0 Å². The first kappa shape index (κ1) is 28.2. The highest BCUT2D eigenvalue weighted by molar-refractivity contribution is 8.15. The van der Waals surface area contributed by atoms with Crippen LogP contribution in [-0.2, 0) is 14.3 Å². The van der Waals surface area contributed by atoms with Crippen LogP contribution < -0.4 is 26.6 Å². The van der Waals surface area contributed by atoms with Gasteiger partial charge in [-0.1, -0.05) is 23.9 Å². The summed E-state index contributed by atoms with van der Waals surface area (Å²) in [4.78, 5) is 70.0. The van der Waals surface area contributed by atoms with Crippen molar-refractivity contribution in [1.82, 2.24) is 15.3 Å². The predicted octanol–water partition coefficient (Wildman–Crippen LogP) is 1.66. The summed E-state index contributed by atoms with van der Waals surface area (Å²) in [7, 11) is 1.49. The number of thioether (sulfide) groups is 1. The van der Waals surface area contributed by atoms with Crippen LogP contribution >= 0.6 is 11.8 Å². The standard InChI is InChI=1S/C26H25N5O8S/c1-3-39-24(36)14-4-8-15(9-5-14)27-18(32)12-17-21(33)31-26(40-17)28-20(13-6-10-16(38-2)11-7-13)19-22(34)29-25(37)30-23(19)35/h4-11,17,20H,3,12H2,1-2H3,(H,27,32)(H,28,31,33)(H3,29,30,34,35,37). The summed E-state index contributed by atoms with van der Waals surface area (Å²) in [6.45, 7) is 1.94. The maximum Gasteiger partial charge on any atom is 0.338 e. The number of hydrogen-bond donors (Lipinski definition) is 5. The van der Waals surface area contributed by atoms with Crippen LogP contribution in [0.2, 0.25) is 0 Å². The molecule has 2 amide bonds. The minimum atomic E-state index is -1.11. The van der Waals surface area contributed by atoms with Gasteiger partial charge in [0, 0.05) is 12.1 Å². The number of amidine groups is 1. The largest absolute Gasteiger partial charge is 0.497 e. The summed E-state index contributed by atoms with van der Waals surface area (Å²) in [5.41, 5.74) is -0.751. The average Bonchev–Trinajstić information content (AvgIpc) is 3.26. The number of ether oxygens (including phenoxy) is 2. The number of hydrogen-bond acceptors (Lipinski definition) is 10. The molecule has 0 spiro atoms. The van der Waals surface area contributed by atoms with Gasteiger partial charge in [-0.15, -0.1) is 0 Å². The lowest BCUT2D eigenvalue weighted by Crippen LogP contribution is -2.29. The van der Waals surface area contributed by atoms with Crippen molar-refractivity contribution in [2.75, 3.05) is 19.0 Å². The number of benzene rings is 2. The minimum absolute atomic E-state index is 0.118. The van der Waals surface area contributed by atoms with Crippen LogP contribution in [0.3, 0.4) is 0 Å². The molecular formula is C26H25N5O8S. The van der Waals surface area contributed by atoms with E-state index in [-0.39, 0.29) is 23.8 Å². The van der Waals surface area contributed by atoms with E-state index in [9.17, 15) is 29.1 Å². The van der Waals surface area contributed by atoms with Gasteiger partial charge in [0.1, 0.15) is 22.6 Å². The van der Waals surface area contributed by atoms with E-state index in [0.717, 1.165) is 11.8 Å². The third kappa shape index (κ3) is 6.58. The molecule has 40 heavy (non-hydrogen) atoms. The predicted molar refractivity (Wildman–Crippen MR) is 147 cm³/mol. The highest BCUT2D eigenvalue weighted by Gasteiger charge is 2.34. The monoisotopic (exact) mass is 567 g/mol. The first-order valence-electron chi connectivity index (χ1n) is 12.0. The Hall–Kier alpha value is -4.85. The Bertz CT molecular complexity index is 1560. The molecule has 1 aromatic heterocycles. The SMILES string of the molecule is CCOC(=O)c1ccc(NC(=O)CC2SC(=NC(c3ccc(OC)cc3)c3c(O)[nH]c(=O)[nH]c3=O)NC2=O)cc1. The zero-order valence-electron chi connectivity index (χ0n) is 21.3. The maximum absolute atomic E-state index is 12.6. The normalized spacial score (nSPS) is 16.3. The van der Waals surface area contributed by atoms with Crippen molar-refractivity contribution < 1.29 is 29.0 Å². The number of H-pyrrole nitrogens is 2. The van der Waals surface area contributed by atoms with E-state index in [1.165, 1.54) is 19.2 Å². The van der Waals surface area contributed by atoms with E-state index in [1.54, 1.807) is 43.3 Å². The van der Waals surface area contributed by atoms with Gasteiger partial charge in [0.15, 0.2) is 5.17 Å². The van der Waals surface area contributed by atoms with Crippen LogP contribution in [0.4, 0.5) is 5.69 Å². The summed E-state index contributed by atoms with van der Waals surface area (Å²) in [6, 6.07) is 11.5. The van der Waals surface area contributed by atoms with Gasteiger partial charge in [0.25, 0.3) is 5.56 Å². The Morgan fingerprint density at radius 3 is 2.40 bits per heavy atom. The molecule has 3 aromatic rings. The molecule has 0 aliphatic carbocycles. The van der Waals surface area contributed by atoms with Crippen molar-refractivity contribution in [3.8, 4) is 11.6 Å². The summed E-state index contributed by atoms with van der Waals surface area (Å²) in [5.74, 6) is -1.52. The van der Waals surface area contributed by atoms with Gasteiger partial charge in [-0.3, -0.25) is 24.4 Å². The van der Waals surface area contributed by atoms with Crippen LogP contribution in [0.25, 0.3) is 0 Å². The number of aliphatic imine (C=N–C) groups is 1. The molecule has 0 bridgehead atoms. The van der Waals surface area contributed by atoms with Gasteiger partial charge in [-0.25, -0.2) is 14.6 Å². The number of aromatic hydroxyl groups is 1. The van der Waals surface area contributed by atoms with Crippen molar-refractivity contribution in [2.24, 2.45) is 4.99 Å². The van der Waals surface area contributed by atoms with Crippen LogP contribution in [0, 0.1) is 0 Å². The zero-order chi connectivity index (χ0) is 28.8. The second kappa shape index (κ2) is 12.3. The van der Waals surface area contributed by atoms with Crippen LogP contribution in [0.15, 0.2) is 63.1 Å². The van der Waals surface area contributed by atoms with E-state index in [2.05, 4.69) is 25.6 Å². The van der Waals surface area contributed by atoms with Gasteiger partial charge in [0.05, 0.1) is 19.3 Å². The lowest BCUT2D eigenvalue weighted by Gasteiger charge is -2.15. The number of aromatic amines is 2. The summed E-state index contributed by atoms with van der Waals surface area (Å²) >= 11 is 0.986. The molecule has 1 saturated heterocycles. The van der Waals surface area contributed by atoms with Gasteiger partial charge in [0.2, 0.25) is 17.7 Å². The maximum atomic E-state index is 12.6. The van der Waals surface area contributed by atoms with Crippen LogP contribution in [0.1, 0.15) is 40.9 Å². The molecule has 208 valence electrons. The van der Waals surface area contributed by atoms with Gasteiger partial charge < -0.3 is 25.2 Å². The molecule has 1 fully saturated rings. The highest BCUT2D eigenvalue weighted by atomic mass is 32.2. The van der Waals surface area contributed by atoms with Crippen molar-refractivity contribution in [1.29, 1.82) is 0 Å². The number of amides is 2. The fourth-order valence-corrected chi connectivity index (χ4v) is 4.83. The lowest BCUT2D eigenvalue weighted by atomic mass is 10.0. The Balaban J connectivity index is 1.52. The number of aromatic nitrogens is 2. The van der Waals surface area contributed by atoms with Crippen LogP contribution in [0.5, 0.6) is 11.6 Å². The number of carbonyl (C=O) groups excluding carboxylic acids is 3. The second-order valence-electron chi connectivity index (χ2n) is 8.43. The highest BCUT2D eigenvalue weighted by Crippen LogP contribution is 2.32. The fraction of sp³-hybridized carbons (Fsp3) is 0.231. The average molecular weight is 568 g/mol. The molecule has 0 saturated carbocycles. The number of rotatable bonds is 9. The number of methoxy groups -OCH3 is 1. The summed E-state index contributed by atoms with van der Waals surface area (Å²) in [5, 5.41) is 14.9. The topological polar surface area (TPSA) is 192 Å². The Kier molecular flexibility index (Phi) is 8.69. The minimum Gasteiger partial charge on any atom is -0.497 e.